The van der Waals surface area contributed by atoms with E-state index in [1.165, 1.54) is 20.0 Å². The smallest absolute Gasteiger partial charge is 0.409 e. The molecule has 0 aromatic carbocycles. The minimum atomic E-state index is -0.200. The average molecular weight is 170 g/mol. The molecular weight excluding hydrogens is 156 g/mol. The van der Waals surface area contributed by atoms with Crippen molar-refractivity contribution in [1.82, 2.24) is 10.2 Å². The van der Waals surface area contributed by atoms with Crippen molar-refractivity contribution in [2.75, 3.05) is 26.7 Å². The lowest BCUT2D eigenvalue weighted by atomic mass is 9.89. The molecule has 0 radical (unpaired) electrons. The molecule has 0 aromatic rings. The molecule has 4 heteroatoms. The first-order valence-electron chi connectivity index (χ1n) is 4.34. The van der Waals surface area contributed by atoms with Gasteiger partial charge in [0.05, 0.1) is 12.6 Å². The van der Waals surface area contributed by atoms with E-state index in [1.807, 2.05) is 0 Å². The van der Waals surface area contributed by atoms with E-state index in [1.54, 1.807) is 4.90 Å². The summed E-state index contributed by atoms with van der Waals surface area (Å²) in [5.74, 6) is 0. The number of ether oxygens (including phenoxy) is 1. The number of methoxy groups -OCH3 is 1. The molecule has 12 heavy (non-hydrogen) atoms. The lowest BCUT2D eigenvalue weighted by Gasteiger charge is -2.47. The van der Waals surface area contributed by atoms with Crippen molar-refractivity contribution in [3.05, 3.63) is 0 Å². The van der Waals surface area contributed by atoms with E-state index in [9.17, 15) is 4.79 Å². The molecule has 4 nitrogen and oxygen atoms in total. The Morgan fingerprint density at radius 2 is 2.33 bits per heavy atom. The normalized spacial score (nSPS) is 25.6. The standard InChI is InChI=1S/C8H14N2O2/c1-12-7(11)10-5-8(6-10)3-2-4-9-8/h9H,2-6H2,1H3. The Hall–Kier alpha value is -0.770. The third-order valence-electron chi connectivity index (χ3n) is 2.75. The van der Waals surface area contributed by atoms with Crippen LogP contribution in [-0.2, 0) is 4.74 Å². The van der Waals surface area contributed by atoms with E-state index in [4.69, 9.17) is 0 Å². The van der Waals surface area contributed by atoms with Crippen LogP contribution in [0.15, 0.2) is 0 Å². The minimum Gasteiger partial charge on any atom is -0.453 e. The predicted octanol–water partition coefficient (Wildman–Crippen LogP) is 0.191. The second kappa shape index (κ2) is 2.62. The number of rotatable bonds is 0. The maximum Gasteiger partial charge on any atom is 0.409 e. The van der Waals surface area contributed by atoms with Crippen LogP contribution in [0.4, 0.5) is 4.79 Å². The first-order valence-corrected chi connectivity index (χ1v) is 4.34. The molecule has 2 aliphatic rings. The maximum absolute atomic E-state index is 11.0. The van der Waals surface area contributed by atoms with E-state index in [0.29, 0.717) is 0 Å². The molecule has 0 aromatic heterocycles. The zero-order valence-electron chi connectivity index (χ0n) is 7.30. The SMILES string of the molecule is COC(=O)N1CC2(CCCN2)C1. The number of hydrogen-bond acceptors (Lipinski definition) is 3. The van der Waals surface area contributed by atoms with E-state index in [0.717, 1.165) is 19.6 Å². The number of carbonyl (C=O) groups excluding carboxylic acids is 1. The van der Waals surface area contributed by atoms with Crippen molar-refractivity contribution in [2.24, 2.45) is 0 Å². The van der Waals surface area contributed by atoms with E-state index >= 15 is 0 Å². The summed E-state index contributed by atoms with van der Waals surface area (Å²) in [4.78, 5) is 12.7. The van der Waals surface area contributed by atoms with Crippen LogP contribution in [-0.4, -0.2) is 43.3 Å². The molecule has 2 rings (SSSR count). The fraction of sp³-hybridized carbons (Fsp3) is 0.875. The van der Waals surface area contributed by atoms with Gasteiger partial charge in [-0.1, -0.05) is 0 Å². The van der Waals surface area contributed by atoms with Gasteiger partial charge in [0.2, 0.25) is 0 Å². The molecule has 0 aliphatic carbocycles. The Morgan fingerprint density at radius 1 is 1.58 bits per heavy atom. The number of nitrogens with one attached hydrogen (secondary N) is 1. The number of nitrogens with zero attached hydrogens (tertiary/aromatic N) is 1. The van der Waals surface area contributed by atoms with Gasteiger partial charge in [-0.3, -0.25) is 0 Å². The summed E-state index contributed by atoms with van der Waals surface area (Å²) in [6, 6.07) is 0. The second-order valence-corrected chi connectivity index (χ2v) is 3.64. The van der Waals surface area contributed by atoms with Crippen molar-refractivity contribution in [2.45, 2.75) is 18.4 Å². The number of hydrogen-bond donors (Lipinski definition) is 1. The lowest BCUT2D eigenvalue weighted by molar-refractivity contribution is 0.0428. The summed E-state index contributed by atoms with van der Waals surface area (Å²) < 4.78 is 4.62. The van der Waals surface area contributed by atoms with Gasteiger partial charge in [0.15, 0.2) is 0 Å². The van der Waals surface area contributed by atoms with E-state index in [-0.39, 0.29) is 11.6 Å². The van der Waals surface area contributed by atoms with Crippen LogP contribution in [0.25, 0.3) is 0 Å². The molecule has 1 amide bonds. The van der Waals surface area contributed by atoms with Gasteiger partial charge in [0, 0.05) is 13.1 Å². The first-order chi connectivity index (χ1) is 5.76. The fourth-order valence-corrected chi connectivity index (χ4v) is 2.08. The highest BCUT2D eigenvalue weighted by atomic mass is 16.5. The Balaban J connectivity index is 1.86. The number of carbonyl (C=O) groups is 1. The third kappa shape index (κ3) is 1.06. The molecule has 1 spiro atoms. The van der Waals surface area contributed by atoms with Crippen molar-refractivity contribution < 1.29 is 9.53 Å². The zero-order valence-corrected chi connectivity index (χ0v) is 7.30. The van der Waals surface area contributed by atoms with Crippen molar-refractivity contribution in [1.29, 1.82) is 0 Å². The number of likely N-dealkylation sites (tertiary alicyclic amines) is 1. The summed E-state index contributed by atoms with van der Waals surface area (Å²) in [5, 5.41) is 3.43. The Labute approximate surface area is 71.9 Å². The van der Waals surface area contributed by atoms with Crippen LogP contribution in [0, 0.1) is 0 Å². The quantitative estimate of drug-likeness (QED) is 0.564. The fourth-order valence-electron chi connectivity index (χ4n) is 2.08. The van der Waals surface area contributed by atoms with Gasteiger partial charge < -0.3 is 15.0 Å². The molecule has 0 saturated carbocycles. The van der Waals surface area contributed by atoms with Gasteiger partial charge in [-0.25, -0.2) is 4.79 Å². The van der Waals surface area contributed by atoms with Crippen LogP contribution >= 0.6 is 0 Å². The monoisotopic (exact) mass is 170 g/mol. The van der Waals surface area contributed by atoms with Gasteiger partial charge in [0.1, 0.15) is 0 Å². The van der Waals surface area contributed by atoms with E-state index < -0.39 is 0 Å². The molecule has 2 fully saturated rings. The molecule has 0 unspecified atom stereocenters. The van der Waals surface area contributed by atoms with Crippen LogP contribution < -0.4 is 5.32 Å². The van der Waals surface area contributed by atoms with Crippen LogP contribution in [0.3, 0.4) is 0 Å². The molecular formula is C8H14N2O2. The Morgan fingerprint density at radius 3 is 2.83 bits per heavy atom. The summed E-state index contributed by atoms with van der Waals surface area (Å²) in [6.45, 7) is 2.73. The summed E-state index contributed by atoms with van der Waals surface area (Å²) >= 11 is 0. The van der Waals surface area contributed by atoms with Crippen LogP contribution in [0.5, 0.6) is 0 Å². The Bertz CT molecular complexity index is 191. The van der Waals surface area contributed by atoms with Gasteiger partial charge in [-0.05, 0) is 19.4 Å². The van der Waals surface area contributed by atoms with Gasteiger partial charge in [-0.2, -0.15) is 0 Å². The van der Waals surface area contributed by atoms with Gasteiger partial charge in [-0.15, -0.1) is 0 Å². The average Bonchev–Trinajstić information content (AvgIpc) is 2.48. The summed E-state index contributed by atoms with van der Waals surface area (Å²) in [5.41, 5.74) is 0.244. The molecule has 2 aliphatic heterocycles. The van der Waals surface area contributed by atoms with Crippen molar-refractivity contribution >= 4 is 6.09 Å². The summed E-state index contributed by atoms with van der Waals surface area (Å²) in [6.07, 6.45) is 2.23. The molecule has 2 saturated heterocycles. The maximum atomic E-state index is 11.0. The van der Waals surface area contributed by atoms with Crippen LogP contribution in [0.1, 0.15) is 12.8 Å². The Kier molecular flexibility index (Phi) is 1.72. The topological polar surface area (TPSA) is 41.6 Å². The van der Waals surface area contributed by atoms with Gasteiger partial charge in [0.25, 0.3) is 0 Å². The molecule has 68 valence electrons. The molecule has 0 bridgehead atoms. The zero-order chi connectivity index (χ0) is 8.60. The van der Waals surface area contributed by atoms with E-state index in [2.05, 4.69) is 10.1 Å². The van der Waals surface area contributed by atoms with Crippen molar-refractivity contribution in [3.63, 3.8) is 0 Å². The van der Waals surface area contributed by atoms with Gasteiger partial charge >= 0.3 is 6.09 Å². The highest BCUT2D eigenvalue weighted by Gasteiger charge is 2.46. The summed E-state index contributed by atoms with van der Waals surface area (Å²) in [7, 11) is 1.43. The van der Waals surface area contributed by atoms with Crippen LogP contribution in [0.2, 0.25) is 0 Å². The molecule has 1 N–H and O–H groups in total. The number of amides is 1. The first kappa shape index (κ1) is 7.86. The minimum absolute atomic E-state index is 0.200. The lowest BCUT2D eigenvalue weighted by Crippen LogP contribution is -2.67. The predicted molar refractivity (Wildman–Crippen MR) is 43.9 cm³/mol. The molecule has 2 heterocycles. The second-order valence-electron chi connectivity index (χ2n) is 3.64. The molecule has 0 atom stereocenters. The van der Waals surface area contributed by atoms with Crippen molar-refractivity contribution in [3.8, 4) is 0 Å². The highest BCUT2D eigenvalue weighted by Crippen LogP contribution is 2.29. The highest BCUT2D eigenvalue weighted by molar-refractivity contribution is 5.69. The third-order valence-corrected chi connectivity index (χ3v) is 2.75. The largest absolute Gasteiger partial charge is 0.453 e.